The topological polar surface area (TPSA) is 127 Å². The van der Waals surface area contributed by atoms with Crippen molar-refractivity contribution in [1.82, 2.24) is 34.3 Å². The first kappa shape index (κ1) is 27.4. The number of nitrogens with zero attached hydrogens (tertiary/aromatic N) is 7. The van der Waals surface area contributed by atoms with Crippen molar-refractivity contribution >= 4 is 55.9 Å². The molecule has 5 aromatic rings. The van der Waals surface area contributed by atoms with E-state index < -0.39 is 6.04 Å². The van der Waals surface area contributed by atoms with Gasteiger partial charge in [0.2, 0.25) is 11.8 Å². The van der Waals surface area contributed by atoms with Gasteiger partial charge in [0.25, 0.3) is 0 Å². The Morgan fingerprint density at radius 1 is 1.07 bits per heavy atom. The van der Waals surface area contributed by atoms with Gasteiger partial charge in [-0.15, -0.1) is 0 Å². The summed E-state index contributed by atoms with van der Waals surface area (Å²) in [6.45, 7) is 7.28. The highest BCUT2D eigenvalue weighted by Crippen LogP contribution is 2.59. The Balaban J connectivity index is 1.18. The number of hydrogen-bond donors (Lipinski definition) is 1. The Bertz CT molecular complexity index is 2000. The Morgan fingerprint density at radius 2 is 1.88 bits per heavy atom. The smallest absolute Gasteiger partial charge is 0.248 e. The van der Waals surface area contributed by atoms with Crippen LogP contribution in [-0.2, 0) is 16.1 Å². The molecule has 0 unspecified atom stereocenters. The molecule has 0 bridgehead atoms. The molecule has 1 aliphatic heterocycles. The molecule has 0 spiro atoms. The number of benzene rings is 1. The van der Waals surface area contributed by atoms with Crippen LogP contribution < -0.4 is 5.32 Å². The molecule has 1 N–H and O–H groups in total. The lowest BCUT2D eigenvalue weighted by Crippen LogP contribution is -2.47. The molecule has 1 saturated carbocycles. The Hall–Kier alpha value is -4.45. The molecule has 2 amide bonds. The van der Waals surface area contributed by atoms with Gasteiger partial charge < -0.3 is 10.2 Å². The summed E-state index contributed by atoms with van der Waals surface area (Å²) in [4.78, 5) is 50.6. The zero-order chi connectivity index (χ0) is 30.2. The number of carbonyl (C=O) groups excluding carboxylic acids is 3. The second kappa shape index (κ2) is 9.80. The second-order valence-corrected chi connectivity index (χ2v) is 12.7. The summed E-state index contributed by atoms with van der Waals surface area (Å²) < 4.78 is 3.92. The zero-order valence-corrected chi connectivity index (χ0v) is 25.7. The van der Waals surface area contributed by atoms with E-state index in [0.717, 1.165) is 34.5 Å². The highest BCUT2D eigenvalue weighted by atomic mass is 79.9. The van der Waals surface area contributed by atoms with Crippen LogP contribution in [0.15, 0.2) is 53.4 Å². The number of fused-ring (bicyclic) bond motifs is 3. The van der Waals surface area contributed by atoms with Crippen LogP contribution in [0.4, 0.5) is 5.82 Å². The molecular weight excluding hydrogens is 612 g/mol. The Labute approximate surface area is 255 Å². The number of aryl methyl sites for hydroxylation is 2. The molecule has 5 heterocycles. The van der Waals surface area contributed by atoms with Gasteiger partial charge in [0.15, 0.2) is 11.4 Å². The van der Waals surface area contributed by atoms with Gasteiger partial charge in [-0.05, 0) is 77.4 Å². The van der Waals surface area contributed by atoms with Gasteiger partial charge in [0.05, 0.1) is 11.2 Å². The number of likely N-dealkylation sites (tertiary alicyclic amines) is 1. The second-order valence-electron chi connectivity index (χ2n) is 11.9. The number of carbonyl (C=O) groups is 3. The van der Waals surface area contributed by atoms with E-state index in [4.69, 9.17) is 0 Å². The molecule has 11 nitrogen and oxygen atoms in total. The zero-order valence-electron chi connectivity index (χ0n) is 24.1. The third kappa shape index (κ3) is 4.69. The van der Waals surface area contributed by atoms with Gasteiger partial charge in [-0.3, -0.25) is 19.1 Å². The van der Waals surface area contributed by atoms with Gasteiger partial charge in [0, 0.05) is 42.4 Å². The SMILES string of the molecule is CC(=O)c1nn(CC(=O)N2[C@H](C(=O)Nc3nc(Br)ccc3C)C[C@@]3(C)C[C@@H]23)c2ccc(-c3cnc4cc(C)nn4c3)cc12. The number of piperidine rings is 1. The summed E-state index contributed by atoms with van der Waals surface area (Å²) in [6.07, 6.45) is 5.11. The fourth-order valence-electron chi connectivity index (χ4n) is 6.29. The van der Waals surface area contributed by atoms with Crippen LogP contribution in [0.5, 0.6) is 0 Å². The molecule has 2 aliphatic rings. The maximum Gasteiger partial charge on any atom is 0.248 e. The van der Waals surface area contributed by atoms with Crippen molar-refractivity contribution in [3.05, 3.63) is 70.3 Å². The summed E-state index contributed by atoms with van der Waals surface area (Å²) in [5, 5.41) is 12.6. The van der Waals surface area contributed by atoms with Crippen LogP contribution in [-0.4, -0.2) is 63.9 Å². The summed E-state index contributed by atoms with van der Waals surface area (Å²) >= 11 is 3.36. The summed E-state index contributed by atoms with van der Waals surface area (Å²) in [5.41, 5.74) is 5.01. The number of halogens is 1. The van der Waals surface area contributed by atoms with Gasteiger partial charge in [-0.2, -0.15) is 10.2 Å². The van der Waals surface area contributed by atoms with Crippen molar-refractivity contribution in [2.75, 3.05) is 5.32 Å². The quantitative estimate of drug-likeness (QED) is 0.210. The predicted octanol–water partition coefficient (Wildman–Crippen LogP) is 4.74. The van der Waals surface area contributed by atoms with E-state index in [-0.39, 0.29) is 41.3 Å². The lowest BCUT2D eigenvalue weighted by atomic mass is 10.0. The molecule has 1 aliphatic carbocycles. The van der Waals surface area contributed by atoms with Crippen LogP contribution in [0.2, 0.25) is 0 Å². The standard InChI is InChI=1S/C31H29BrN8O3/c1-16-5-8-25(32)34-29(16)35-30(43)23-11-31(4)12-24(31)40(23)27(42)15-38-22-7-6-19(10-21(22)28(37-38)18(3)41)20-13-33-26-9-17(2)36-39(26)14-20/h5-10,13-14,23-24H,11-12,15H2,1-4H3,(H,34,35,43)/t23-,24+,31-/m0/s1. The molecule has 1 saturated heterocycles. The van der Waals surface area contributed by atoms with Crippen LogP contribution in [0.25, 0.3) is 27.7 Å². The first-order valence-electron chi connectivity index (χ1n) is 14.1. The summed E-state index contributed by atoms with van der Waals surface area (Å²) in [7, 11) is 0. The minimum atomic E-state index is -0.620. The number of amides is 2. The third-order valence-electron chi connectivity index (χ3n) is 8.67. The van der Waals surface area contributed by atoms with E-state index in [1.54, 1.807) is 20.3 Å². The highest BCUT2D eigenvalue weighted by Gasteiger charge is 2.64. The van der Waals surface area contributed by atoms with Gasteiger partial charge in [-0.1, -0.05) is 19.1 Å². The summed E-state index contributed by atoms with van der Waals surface area (Å²) in [5.74, 6) is -0.199. The van der Waals surface area contributed by atoms with Gasteiger partial charge in [-0.25, -0.2) is 14.5 Å². The lowest BCUT2D eigenvalue weighted by molar-refractivity contribution is -0.138. The van der Waals surface area contributed by atoms with Crippen LogP contribution in [0.1, 0.15) is 48.4 Å². The van der Waals surface area contributed by atoms with Crippen molar-refractivity contribution in [1.29, 1.82) is 0 Å². The van der Waals surface area contributed by atoms with E-state index in [0.29, 0.717) is 27.7 Å². The maximum absolute atomic E-state index is 13.9. The van der Waals surface area contributed by atoms with Crippen molar-refractivity contribution in [2.45, 2.75) is 59.2 Å². The van der Waals surface area contributed by atoms with Gasteiger partial charge in [0.1, 0.15) is 28.7 Å². The average Bonchev–Trinajstić information content (AvgIpc) is 3.24. The number of ketones is 1. The number of rotatable bonds is 6. The molecule has 218 valence electrons. The maximum atomic E-state index is 13.9. The molecule has 7 rings (SSSR count). The molecule has 43 heavy (non-hydrogen) atoms. The van der Waals surface area contributed by atoms with Crippen molar-refractivity contribution in [2.24, 2.45) is 5.41 Å². The highest BCUT2D eigenvalue weighted by molar-refractivity contribution is 9.10. The minimum Gasteiger partial charge on any atom is -0.325 e. The molecule has 0 radical (unpaired) electrons. The molecular formula is C31H29BrN8O3. The minimum absolute atomic E-state index is 0.0126. The van der Waals surface area contributed by atoms with E-state index in [2.05, 4.69) is 48.3 Å². The van der Waals surface area contributed by atoms with Crippen molar-refractivity contribution in [3.63, 3.8) is 0 Å². The van der Waals surface area contributed by atoms with Gasteiger partial charge >= 0.3 is 0 Å². The van der Waals surface area contributed by atoms with Crippen LogP contribution in [0.3, 0.4) is 0 Å². The predicted molar refractivity (Wildman–Crippen MR) is 164 cm³/mol. The van der Waals surface area contributed by atoms with E-state index >= 15 is 0 Å². The lowest BCUT2D eigenvalue weighted by Gasteiger charge is -2.27. The molecule has 12 heteroatoms. The first-order chi connectivity index (χ1) is 20.5. The first-order valence-corrected chi connectivity index (χ1v) is 14.9. The molecule has 3 atom stereocenters. The Morgan fingerprint density at radius 3 is 2.67 bits per heavy atom. The molecule has 4 aromatic heterocycles. The normalized spacial score (nSPS) is 20.9. The third-order valence-corrected chi connectivity index (χ3v) is 9.11. The number of Topliss-reactive ketones (excluding diaryl/α,β-unsaturated/α-hetero) is 1. The molecule has 2 fully saturated rings. The van der Waals surface area contributed by atoms with E-state index in [1.807, 2.05) is 56.4 Å². The fourth-order valence-corrected chi connectivity index (χ4v) is 6.59. The largest absolute Gasteiger partial charge is 0.325 e. The van der Waals surface area contributed by atoms with Crippen LogP contribution in [0, 0.1) is 19.3 Å². The Kier molecular flexibility index (Phi) is 6.24. The van der Waals surface area contributed by atoms with Crippen molar-refractivity contribution in [3.8, 4) is 11.1 Å². The fraction of sp³-hybridized carbons (Fsp3) is 0.323. The number of aromatic nitrogens is 6. The van der Waals surface area contributed by atoms with E-state index in [9.17, 15) is 14.4 Å². The number of anilines is 1. The average molecular weight is 642 g/mol. The molecule has 1 aromatic carbocycles. The number of hydrogen-bond acceptors (Lipinski definition) is 7. The monoisotopic (exact) mass is 640 g/mol. The summed E-state index contributed by atoms with van der Waals surface area (Å²) in [6, 6.07) is 10.6. The van der Waals surface area contributed by atoms with Crippen molar-refractivity contribution < 1.29 is 14.4 Å². The number of nitrogens with one attached hydrogen (secondary N) is 1. The van der Waals surface area contributed by atoms with Crippen LogP contribution >= 0.6 is 15.9 Å². The van der Waals surface area contributed by atoms with E-state index in [1.165, 1.54) is 6.92 Å². The number of pyridine rings is 1.